The van der Waals surface area contributed by atoms with Crippen molar-refractivity contribution in [2.45, 2.75) is 19.8 Å². The lowest BCUT2D eigenvalue weighted by Gasteiger charge is -2.24. The molecule has 17 heavy (non-hydrogen) atoms. The van der Waals surface area contributed by atoms with Crippen molar-refractivity contribution in [3.8, 4) is 0 Å². The Labute approximate surface area is 103 Å². The van der Waals surface area contributed by atoms with E-state index in [4.69, 9.17) is 5.73 Å². The minimum atomic E-state index is 0.0853. The van der Waals surface area contributed by atoms with Crippen LogP contribution in [0.4, 0.5) is 11.4 Å². The van der Waals surface area contributed by atoms with Crippen molar-refractivity contribution in [1.82, 2.24) is 5.32 Å². The summed E-state index contributed by atoms with van der Waals surface area (Å²) in [6.07, 6.45) is 1.39. The van der Waals surface area contributed by atoms with E-state index in [1.165, 1.54) is 0 Å². The third-order valence-corrected chi connectivity index (χ3v) is 2.77. The summed E-state index contributed by atoms with van der Waals surface area (Å²) in [5, 5.41) is 2.63. The van der Waals surface area contributed by atoms with Gasteiger partial charge in [-0.1, -0.05) is 12.1 Å². The molecule has 0 aliphatic heterocycles. The van der Waals surface area contributed by atoms with Gasteiger partial charge in [-0.3, -0.25) is 4.79 Å². The van der Waals surface area contributed by atoms with Crippen LogP contribution in [0.2, 0.25) is 0 Å². The summed E-state index contributed by atoms with van der Waals surface area (Å²) >= 11 is 0. The zero-order valence-corrected chi connectivity index (χ0v) is 10.6. The average Bonchev–Trinajstić information content (AvgIpc) is 2.35. The highest BCUT2D eigenvalue weighted by molar-refractivity contribution is 5.75. The van der Waals surface area contributed by atoms with Gasteiger partial charge >= 0.3 is 0 Å². The number of hydrogen-bond donors (Lipinski definition) is 2. The van der Waals surface area contributed by atoms with Gasteiger partial charge < -0.3 is 16.0 Å². The summed E-state index contributed by atoms with van der Waals surface area (Å²) in [7, 11) is 1.66. The van der Waals surface area contributed by atoms with Gasteiger partial charge in [0.25, 0.3) is 0 Å². The van der Waals surface area contributed by atoms with Crippen LogP contribution in [0.5, 0.6) is 0 Å². The Morgan fingerprint density at radius 3 is 2.71 bits per heavy atom. The topological polar surface area (TPSA) is 58.4 Å². The predicted molar refractivity (Wildman–Crippen MR) is 72.0 cm³/mol. The van der Waals surface area contributed by atoms with Crippen molar-refractivity contribution < 1.29 is 4.79 Å². The SMILES string of the molecule is CCN(CCCC(=O)NC)c1ccccc1N. The molecule has 0 aromatic heterocycles. The van der Waals surface area contributed by atoms with Gasteiger partial charge in [0.05, 0.1) is 11.4 Å². The molecule has 0 saturated carbocycles. The van der Waals surface area contributed by atoms with Crippen molar-refractivity contribution in [2.75, 3.05) is 30.8 Å². The maximum atomic E-state index is 11.1. The van der Waals surface area contributed by atoms with E-state index in [1.807, 2.05) is 24.3 Å². The Bertz CT molecular complexity index is 365. The van der Waals surface area contributed by atoms with Crippen LogP contribution in [0.1, 0.15) is 19.8 Å². The molecule has 0 unspecified atom stereocenters. The fourth-order valence-corrected chi connectivity index (χ4v) is 1.78. The first-order valence-electron chi connectivity index (χ1n) is 5.99. The van der Waals surface area contributed by atoms with E-state index in [0.717, 1.165) is 30.9 Å². The average molecular weight is 235 g/mol. The van der Waals surface area contributed by atoms with Crippen LogP contribution < -0.4 is 16.0 Å². The van der Waals surface area contributed by atoms with E-state index in [2.05, 4.69) is 17.1 Å². The number of nitrogens with zero attached hydrogens (tertiary/aromatic N) is 1. The van der Waals surface area contributed by atoms with Crippen molar-refractivity contribution >= 4 is 17.3 Å². The number of hydrogen-bond acceptors (Lipinski definition) is 3. The van der Waals surface area contributed by atoms with E-state index in [9.17, 15) is 4.79 Å². The lowest BCUT2D eigenvalue weighted by atomic mass is 10.2. The van der Waals surface area contributed by atoms with E-state index in [1.54, 1.807) is 7.05 Å². The number of nitrogens with two attached hydrogens (primary N) is 1. The predicted octanol–water partition coefficient (Wildman–Crippen LogP) is 1.62. The standard InChI is InChI=1S/C13H21N3O/c1-3-16(10-6-9-13(17)15-2)12-8-5-4-7-11(12)14/h4-5,7-8H,3,6,9-10,14H2,1-2H3,(H,15,17). The molecule has 0 fully saturated rings. The molecule has 0 saturated heterocycles. The molecule has 1 rings (SSSR count). The molecule has 1 aromatic carbocycles. The van der Waals surface area contributed by atoms with Crippen LogP contribution in [0.3, 0.4) is 0 Å². The number of para-hydroxylation sites is 2. The molecule has 4 nitrogen and oxygen atoms in total. The van der Waals surface area contributed by atoms with Crippen LogP contribution in [-0.4, -0.2) is 26.0 Å². The number of carbonyl (C=O) groups excluding carboxylic acids is 1. The summed E-state index contributed by atoms with van der Waals surface area (Å²) in [5.41, 5.74) is 7.77. The number of amides is 1. The van der Waals surface area contributed by atoms with Crippen molar-refractivity contribution in [2.24, 2.45) is 0 Å². The number of anilines is 2. The summed E-state index contributed by atoms with van der Waals surface area (Å²) < 4.78 is 0. The Kier molecular flexibility index (Phi) is 5.33. The molecule has 3 N–H and O–H groups in total. The third-order valence-electron chi connectivity index (χ3n) is 2.77. The van der Waals surface area contributed by atoms with E-state index >= 15 is 0 Å². The summed E-state index contributed by atoms with van der Waals surface area (Å²) in [5.74, 6) is 0.0853. The van der Waals surface area contributed by atoms with Gasteiger partial charge in [0.2, 0.25) is 5.91 Å². The molecule has 0 spiro atoms. The van der Waals surface area contributed by atoms with Crippen molar-refractivity contribution in [3.63, 3.8) is 0 Å². The number of nitrogens with one attached hydrogen (secondary N) is 1. The second kappa shape index (κ2) is 6.78. The number of benzene rings is 1. The van der Waals surface area contributed by atoms with Gasteiger partial charge in [0, 0.05) is 26.6 Å². The molecule has 0 aliphatic rings. The highest BCUT2D eigenvalue weighted by Gasteiger charge is 2.07. The zero-order valence-electron chi connectivity index (χ0n) is 10.6. The summed E-state index contributed by atoms with van der Waals surface area (Å²) in [6.45, 7) is 3.83. The first-order valence-corrected chi connectivity index (χ1v) is 5.99. The van der Waals surface area contributed by atoms with Crippen LogP contribution in [0, 0.1) is 0 Å². The molecule has 0 atom stereocenters. The third kappa shape index (κ3) is 3.98. The second-order valence-electron chi connectivity index (χ2n) is 3.92. The lowest BCUT2D eigenvalue weighted by molar-refractivity contribution is -0.120. The number of nitrogen functional groups attached to an aromatic ring is 1. The molecular formula is C13H21N3O. The van der Waals surface area contributed by atoms with E-state index in [0.29, 0.717) is 6.42 Å². The molecule has 94 valence electrons. The fourth-order valence-electron chi connectivity index (χ4n) is 1.78. The van der Waals surface area contributed by atoms with Gasteiger partial charge in [-0.05, 0) is 25.5 Å². The second-order valence-corrected chi connectivity index (χ2v) is 3.92. The molecule has 0 radical (unpaired) electrons. The molecule has 0 heterocycles. The normalized spacial score (nSPS) is 10.0. The minimum absolute atomic E-state index is 0.0853. The zero-order chi connectivity index (χ0) is 12.7. The highest BCUT2D eigenvalue weighted by Crippen LogP contribution is 2.22. The molecule has 1 aromatic rings. The van der Waals surface area contributed by atoms with Gasteiger partial charge in [0.1, 0.15) is 0 Å². The fraction of sp³-hybridized carbons (Fsp3) is 0.462. The minimum Gasteiger partial charge on any atom is -0.397 e. The van der Waals surface area contributed by atoms with Crippen LogP contribution >= 0.6 is 0 Å². The number of carbonyl (C=O) groups is 1. The molecular weight excluding hydrogens is 214 g/mol. The van der Waals surface area contributed by atoms with Crippen LogP contribution in [-0.2, 0) is 4.79 Å². The highest BCUT2D eigenvalue weighted by atomic mass is 16.1. The first kappa shape index (κ1) is 13.4. The quantitative estimate of drug-likeness (QED) is 0.737. The van der Waals surface area contributed by atoms with Crippen LogP contribution in [0.15, 0.2) is 24.3 Å². The smallest absolute Gasteiger partial charge is 0.219 e. The maximum absolute atomic E-state index is 11.1. The molecule has 1 amide bonds. The van der Waals surface area contributed by atoms with Crippen molar-refractivity contribution in [1.29, 1.82) is 0 Å². The Morgan fingerprint density at radius 1 is 1.41 bits per heavy atom. The number of rotatable bonds is 6. The summed E-state index contributed by atoms with van der Waals surface area (Å²) in [4.78, 5) is 13.3. The van der Waals surface area contributed by atoms with Crippen LogP contribution in [0.25, 0.3) is 0 Å². The molecule has 0 bridgehead atoms. The maximum Gasteiger partial charge on any atom is 0.219 e. The van der Waals surface area contributed by atoms with Gasteiger partial charge in [-0.25, -0.2) is 0 Å². The van der Waals surface area contributed by atoms with Gasteiger partial charge in [0.15, 0.2) is 0 Å². The molecule has 4 heteroatoms. The van der Waals surface area contributed by atoms with E-state index in [-0.39, 0.29) is 5.91 Å². The Hall–Kier alpha value is -1.71. The Balaban J connectivity index is 2.55. The van der Waals surface area contributed by atoms with Crippen molar-refractivity contribution in [3.05, 3.63) is 24.3 Å². The lowest BCUT2D eigenvalue weighted by Crippen LogP contribution is -2.26. The molecule has 0 aliphatic carbocycles. The first-order chi connectivity index (χ1) is 8.19. The monoisotopic (exact) mass is 235 g/mol. The Morgan fingerprint density at radius 2 is 2.12 bits per heavy atom. The van der Waals surface area contributed by atoms with Gasteiger partial charge in [-0.15, -0.1) is 0 Å². The largest absolute Gasteiger partial charge is 0.397 e. The van der Waals surface area contributed by atoms with Gasteiger partial charge in [-0.2, -0.15) is 0 Å². The summed E-state index contributed by atoms with van der Waals surface area (Å²) in [6, 6.07) is 7.82. The van der Waals surface area contributed by atoms with E-state index < -0.39 is 0 Å².